The zero-order valence-corrected chi connectivity index (χ0v) is 16.1. The van der Waals surface area contributed by atoms with E-state index in [1.807, 2.05) is 36.4 Å². The van der Waals surface area contributed by atoms with E-state index in [-0.39, 0.29) is 11.7 Å². The van der Waals surface area contributed by atoms with Crippen molar-refractivity contribution in [2.45, 2.75) is 16.3 Å². The maximum absolute atomic E-state index is 11.3. The summed E-state index contributed by atoms with van der Waals surface area (Å²) in [6.45, 7) is 3.43. The molecule has 3 rings (SSSR count). The lowest BCUT2D eigenvalue weighted by Gasteiger charge is -2.07. The van der Waals surface area contributed by atoms with E-state index in [1.54, 1.807) is 18.3 Å². The van der Waals surface area contributed by atoms with E-state index in [0.717, 1.165) is 15.5 Å². The highest BCUT2D eigenvalue weighted by atomic mass is 32.2. The van der Waals surface area contributed by atoms with Gasteiger partial charge < -0.3 is 15.2 Å². The molecule has 1 aromatic heterocycles. The van der Waals surface area contributed by atoms with Gasteiger partial charge in [-0.15, -0.1) is 0 Å². The predicted molar refractivity (Wildman–Crippen MR) is 109 cm³/mol. The highest BCUT2D eigenvalue weighted by Gasteiger charge is 2.07. The number of phenolic OH excluding ortho intramolecular Hbond substituents is 1. The minimum Gasteiger partial charge on any atom is -0.504 e. The molecule has 0 fully saturated rings. The Hall–Kier alpha value is -3.32. The Kier molecular flexibility index (Phi) is 6.29. The van der Waals surface area contributed by atoms with Gasteiger partial charge in [-0.3, -0.25) is 4.79 Å². The van der Waals surface area contributed by atoms with Crippen LogP contribution in [0.3, 0.4) is 0 Å². The third-order valence-corrected chi connectivity index (χ3v) is 4.76. The molecule has 142 valence electrons. The molecular formula is C21H19N3O3S. The van der Waals surface area contributed by atoms with Gasteiger partial charge in [0.15, 0.2) is 11.5 Å². The van der Waals surface area contributed by atoms with Crippen molar-refractivity contribution in [3.05, 3.63) is 78.8 Å². The standard InChI is InChI=1S/C21H19N3O3S/c1-3-20(26)23-15-5-7-16(8-6-15)28-21-10-11-22-19(24-21)13-14-4-9-18(27-2)17(25)12-14/h3-12,25H,1,13H2,2H3,(H,23,26). The Labute approximate surface area is 167 Å². The summed E-state index contributed by atoms with van der Waals surface area (Å²) in [4.78, 5) is 21.2. The average Bonchev–Trinajstić information content (AvgIpc) is 2.70. The summed E-state index contributed by atoms with van der Waals surface area (Å²) in [5, 5.41) is 13.4. The SMILES string of the molecule is C=CC(=O)Nc1ccc(Sc2ccnc(Cc3ccc(OC)c(O)c3)n2)cc1. The summed E-state index contributed by atoms with van der Waals surface area (Å²) in [7, 11) is 1.51. The third kappa shape index (κ3) is 5.11. The van der Waals surface area contributed by atoms with Crippen LogP contribution in [-0.4, -0.2) is 28.1 Å². The van der Waals surface area contributed by atoms with Gasteiger partial charge >= 0.3 is 0 Å². The molecule has 0 aliphatic rings. The number of carbonyl (C=O) groups is 1. The van der Waals surface area contributed by atoms with Crippen LogP contribution < -0.4 is 10.1 Å². The monoisotopic (exact) mass is 393 g/mol. The summed E-state index contributed by atoms with van der Waals surface area (Å²) in [6, 6.07) is 14.6. The number of benzene rings is 2. The first-order chi connectivity index (χ1) is 13.6. The van der Waals surface area contributed by atoms with Gasteiger partial charge in [-0.05, 0) is 54.1 Å². The molecule has 0 saturated heterocycles. The van der Waals surface area contributed by atoms with Gasteiger partial charge in [0.25, 0.3) is 0 Å². The highest BCUT2D eigenvalue weighted by molar-refractivity contribution is 7.99. The molecule has 0 aliphatic heterocycles. The van der Waals surface area contributed by atoms with Crippen LogP contribution in [0.25, 0.3) is 0 Å². The van der Waals surface area contributed by atoms with Crippen LogP contribution in [0.15, 0.2) is 77.3 Å². The summed E-state index contributed by atoms with van der Waals surface area (Å²) < 4.78 is 5.06. The minimum atomic E-state index is -0.245. The number of hydrogen-bond acceptors (Lipinski definition) is 6. The molecule has 0 unspecified atom stereocenters. The molecule has 0 saturated carbocycles. The first-order valence-corrected chi connectivity index (χ1v) is 9.28. The molecule has 28 heavy (non-hydrogen) atoms. The topological polar surface area (TPSA) is 84.3 Å². The van der Waals surface area contributed by atoms with E-state index in [9.17, 15) is 9.90 Å². The molecule has 0 aliphatic carbocycles. The minimum absolute atomic E-state index is 0.0918. The fourth-order valence-electron chi connectivity index (χ4n) is 2.47. The molecule has 2 aromatic carbocycles. The molecule has 6 nitrogen and oxygen atoms in total. The molecule has 0 spiro atoms. The smallest absolute Gasteiger partial charge is 0.247 e. The number of nitrogens with one attached hydrogen (secondary N) is 1. The van der Waals surface area contributed by atoms with Crippen molar-refractivity contribution in [3.63, 3.8) is 0 Å². The van der Waals surface area contributed by atoms with Crippen LogP contribution in [0.2, 0.25) is 0 Å². The van der Waals surface area contributed by atoms with Crippen molar-refractivity contribution in [1.82, 2.24) is 9.97 Å². The second-order valence-electron chi connectivity index (χ2n) is 5.81. The Morgan fingerprint density at radius 3 is 2.71 bits per heavy atom. The van der Waals surface area contributed by atoms with Crippen molar-refractivity contribution < 1.29 is 14.6 Å². The van der Waals surface area contributed by atoms with Crippen molar-refractivity contribution >= 4 is 23.4 Å². The molecule has 7 heteroatoms. The number of rotatable bonds is 7. The van der Waals surface area contributed by atoms with Gasteiger partial charge in [0.1, 0.15) is 10.9 Å². The summed E-state index contributed by atoms with van der Waals surface area (Å²) in [5.74, 6) is 0.936. The van der Waals surface area contributed by atoms with Gasteiger partial charge in [0, 0.05) is 23.2 Å². The van der Waals surface area contributed by atoms with Crippen LogP contribution in [0.5, 0.6) is 11.5 Å². The Morgan fingerprint density at radius 1 is 1.25 bits per heavy atom. The molecular weight excluding hydrogens is 374 g/mol. The van der Waals surface area contributed by atoms with Gasteiger partial charge in [0.05, 0.1) is 7.11 Å². The normalized spacial score (nSPS) is 10.3. The molecule has 3 aromatic rings. The van der Waals surface area contributed by atoms with Crippen molar-refractivity contribution in [2.75, 3.05) is 12.4 Å². The van der Waals surface area contributed by atoms with E-state index in [1.165, 1.54) is 24.9 Å². The highest BCUT2D eigenvalue weighted by Crippen LogP contribution is 2.29. The van der Waals surface area contributed by atoms with Gasteiger partial charge in [-0.1, -0.05) is 24.4 Å². The van der Waals surface area contributed by atoms with E-state index in [2.05, 4.69) is 21.9 Å². The zero-order chi connectivity index (χ0) is 19.9. The van der Waals surface area contributed by atoms with E-state index in [0.29, 0.717) is 23.7 Å². The van der Waals surface area contributed by atoms with Gasteiger partial charge in [-0.2, -0.15) is 0 Å². The lowest BCUT2D eigenvalue weighted by Crippen LogP contribution is -2.06. The quantitative estimate of drug-likeness (QED) is 0.465. The Morgan fingerprint density at radius 2 is 2.04 bits per heavy atom. The fraction of sp³-hybridized carbons (Fsp3) is 0.0952. The largest absolute Gasteiger partial charge is 0.504 e. The number of nitrogens with zero attached hydrogens (tertiary/aromatic N) is 2. The van der Waals surface area contributed by atoms with E-state index >= 15 is 0 Å². The van der Waals surface area contributed by atoms with Crippen molar-refractivity contribution in [1.29, 1.82) is 0 Å². The number of aromatic nitrogens is 2. The number of methoxy groups -OCH3 is 1. The van der Waals surface area contributed by atoms with E-state index < -0.39 is 0 Å². The Balaban J connectivity index is 1.68. The molecule has 2 N–H and O–H groups in total. The maximum Gasteiger partial charge on any atom is 0.247 e. The molecule has 0 atom stereocenters. The first-order valence-electron chi connectivity index (χ1n) is 8.46. The van der Waals surface area contributed by atoms with Crippen LogP contribution in [0, 0.1) is 0 Å². The molecule has 0 bridgehead atoms. The van der Waals surface area contributed by atoms with Crippen molar-refractivity contribution in [3.8, 4) is 11.5 Å². The van der Waals surface area contributed by atoms with Gasteiger partial charge in [0.2, 0.25) is 5.91 Å². The number of amides is 1. The molecule has 1 heterocycles. The Bertz CT molecular complexity index is 990. The number of phenols is 1. The summed E-state index contributed by atoms with van der Waals surface area (Å²) in [5.41, 5.74) is 1.60. The first kappa shape index (κ1) is 19.4. The lowest BCUT2D eigenvalue weighted by molar-refractivity contribution is -0.111. The van der Waals surface area contributed by atoms with Crippen LogP contribution >= 0.6 is 11.8 Å². The number of anilines is 1. The van der Waals surface area contributed by atoms with E-state index in [4.69, 9.17) is 4.74 Å². The van der Waals surface area contributed by atoms with Crippen LogP contribution in [-0.2, 0) is 11.2 Å². The summed E-state index contributed by atoms with van der Waals surface area (Å²) in [6.07, 6.45) is 3.44. The second kappa shape index (κ2) is 9.05. The zero-order valence-electron chi connectivity index (χ0n) is 15.3. The summed E-state index contributed by atoms with van der Waals surface area (Å²) >= 11 is 1.50. The van der Waals surface area contributed by atoms with Crippen LogP contribution in [0.1, 0.15) is 11.4 Å². The maximum atomic E-state index is 11.3. The second-order valence-corrected chi connectivity index (χ2v) is 6.91. The number of hydrogen-bond donors (Lipinski definition) is 2. The number of carbonyl (C=O) groups excluding carboxylic acids is 1. The van der Waals surface area contributed by atoms with Crippen LogP contribution in [0.4, 0.5) is 5.69 Å². The average molecular weight is 393 g/mol. The third-order valence-electron chi connectivity index (χ3n) is 3.82. The predicted octanol–water partition coefficient (Wildman–Crippen LogP) is 4.06. The van der Waals surface area contributed by atoms with Crippen molar-refractivity contribution in [2.24, 2.45) is 0 Å². The molecule has 1 amide bonds. The number of ether oxygens (including phenoxy) is 1. The fourth-order valence-corrected chi connectivity index (χ4v) is 3.26. The molecule has 0 radical (unpaired) electrons. The lowest BCUT2D eigenvalue weighted by atomic mass is 10.1. The number of aromatic hydroxyl groups is 1. The van der Waals surface area contributed by atoms with Gasteiger partial charge in [-0.25, -0.2) is 9.97 Å².